The summed E-state index contributed by atoms with van der Waals surface area (Å²) in [5.41, 5.74) is 0.702. The van der Waals surface area contributed by atoms with Crippen LogP contribution in [0, 0.1) is 5.82 Å². The van der Waals surface area contributed by atoms with E-state index in [0.29, 0.717) is 11.3 Å². The summed E-state index contributed by atoms with van der Waals surface area (Å²) in [6.45, 7) is 2.19. The molecule has 1 rings (SSSR count). The molecule has 1 N–H and O–H groups in total. The third kappa shape index (κ3) is 3.98. The molecule has 0 aromatic heterocycles. The van der Waals surface area contributed by atoms with Crippen LogP contribution in [0.1, 0.15) is 50.6 Å². The fourth-order valence-corrected chi connectivity index (χ4v) is 2.19. The Morgan fingerprint density at radius 1 is 1.28 bits per heavy atom. The van der Waals surface area contributed by atoms with Gasteiger partial charge in [-0.1, -0.05) is 44.7 Å². The normalized spacial score (nSPS) is 12.4. The van der Waals surface area contributed by atoms with E-state index in [-0.39, 0.29) is 11.9 Å². The van der Waals surface area contributed by atoms with Gasteiger partial charge in [0.05, 0.1) is 7.11 Å². The molecule has 1 atom stereocenters. The van der Waals surface area contributed by atoms with E-state index in [1.54, 1.807) is 6.07 Å². The Labute approximate surface area is 110 Å². The first-order valence-corrected chi connectivity index (χ1v) is 6.74. The Balaban J connectivity index is 2.69. The highest BCUT2D eigenvalue weighted by Crippen LogP contribution is 2.27. The number of rotatable bonds is 8. The van der Waals surface area contributed by atoms with Crippen LogP contribution in [0.25, 0.3) is 0 Å². The van der Waals surface area contributed by atoms with Crippen LogP contribution in [0.3, 0.4) is 0 Å². The zero-order valence-electron chi connectivity index (χ0n) is 11.6. The number of unbranched alkanes of at least 4 members (excludes halogenated alkanes) is 3. The number of hydrogen-bond acceptors (Lipinski definition) is 2. The topological polar surface area (TPSA) is 21.3 Å². The average molecular weight is 253 g/mol. The van der Waals surface area contributed by atoms with E-state index in [0.717, 1.165) is 12.8 Å². The van der Waals surface area contributed by atoms with Crippen LogP contribution < -0.4 is 10.1 Å². The van der Waals surface area contributed by atoms with E-state index in [1.165, 1.54) is 26.4 Å². The third-order valence-corrected chi connectivity index (χ3v) is 3.28. The Hall–Kier alpha value is -1.09. The minimum atomic E-state index is -0.241. The zero-order chi connectivity index (χ0) is 13.4. The van der Waals surface area contributed by atoms with Crippen molar-refractivity contribution in [1.29, 1.82) is 0 Å². The Morgan fingerprint density at radius 3 is 2.67 bits per heavy atom. The smallest absolute Gasteiger partial charge is 0.169 e. The molecule has 0 bridgehead atoms. The quantitative estimate of drug-likeness (QED) is 0.705. The lowest BCUT2D eigenvalue weighted by atomic mass is 9.99. The van der Waals surface area contributed by atoms with Gasteiger partial charge >= 0.3 is 0 Å². The predicted octanol–water partition coefficient (Wildman–Crippen LogP) is 4.07. The Morgan fingerprint density at radius 2 is 2.06 bits per heavy atom. The number of hydrogen-bond donors (Lipinski definition) is 1. The second-order valence-electron chi connectivity index (χ2n) is 4.55. The maximum atomic E-state index is 14.1. The monoisotopic (exact) mass is 253 g/mol. The summed E-state index contributed by atoms with van der Waals surface area (Å²) in [7, 11) is 3.38. The van der Waals surface area contributed by atoms with Crippen LogP contribution in [0.2, 0.25) is 0 Å². The summed E-state index contributed by atoms with van der Waals surface area (Å²) in [4.78, 5) is 0. The van der Waals surface area contributed by atoms with Crippen LogP contribution in [-0.2, 0) is 0 Å². The first-order chi connectivity index (χ1) is 8.74. The van der Waals surface area contributed by atoms with Gasteiger partial charge in [-0.15, -0.1) is 0 Å². The van der Waals surface area contributed by atoms with E-state index in [4.69, 9.17) is 4.74 Å². The molecule has 0 aliphatic carbocycles. The van der Waals surface area contributed by atoms with Gasteiger partial charge < -0.3 is 10.1 Å². The number of halogens is 1. The van der Waals surface area contributed by atoms with Gasteiger partial charge in [-0.3, -0.25) is 0 Å². The Kier molecular flexibility index (Phi) is 6.73. The van der Waals surface area contributed by atoms with E-state index >= 15 is 0 Å². The lowest BCUT2D eigenvalue weighted by Crippen LogP contribution is -2.18. The Bertz CT molecular complexity index is 354. The van der Waals surface area contributed by atoms with E-state index < -0.39 is 0 Å². The standard InChI is InChI=1S/C15H24FNO/c1-4-5-6-7-10-13(17-2)12-9-8-11-14(18-3)15(12)16/h8-9,11,13,17H,4-7,10H2,1-3H3. The molecule has 0 aliphatic heterocycles. The summed E-state index contributed by atoms with van der Waals surface area (Å²) >= 11 is 0. The van der Waals surface area contributed by atoms with Crippen molar-refractivity contribution in [3.63, 3.8) is 0 Å². The molecule has 3 heteroatoms. The van der Waals surface area contributed by atoms with Crippen molar-refractivity contribution < 1.29 is 9.13 Å². The number of methoxy groups -OCH3 is 1. The molecule has 0 saturated carbocycles. The minimum absolute atomic E-state index is 0.0666. The number of benzene rings is 1. The van der Waals surface area contributed by atoms with E-state index in [1.807, 2.05) is 19.2 Å². The van der Waals surface area contributed by atoms with Gasteiger partial charge in [0.1, 0.15) is 0 Å². The van der Waals surface area contributed by atoms with Gasteiger partial charge in [-0.05, 0) is 19.5 Å². The second kappa shape index (κ2) is 8.09. The van der Waals surface area contributed by atoms with Crippen LogP contribution in [-0.4, -0.2) is 14.2 Å². The van der Waals surface area contributed by atoms with Gasteiger partial charge in [0.2, 0.25) is 0 Å². The maximum absolute atomic E-state index is 14.1. The summed E-state index contributed by atoms with van der Waals surface area (Å²) in [5, 5.41) is 3.19. The van der Waals surface area contributed by atoms with E-state index in [2.05, 4.69) is 12.2 Å². The SMILES string of the molecule is CCCCCCC(NC)c1cccc(OC)c1F. The molecule has 1 unspecified atom stereocenters. The van der Waals surface area contributed by atoms with Crippen LogP contribution in [0.15, 0.2) is 18.2 Å². The molecule has 0 aliphatic rings. The average Bonchev–Trinajstić information content (AvgIpc) is 2.40. The molecule has 2 nitrogen and oxygen atoms in total. The molecule has 1 aromatic carbocycles. The lowest BCUT2D eigenvalue weighted by molar-refractivity contribution is 0.378. The summed E-state index contributed by atoms with van der Waals surface area (Å²) in [6.07, 6.45) is 5.76. The largest absolute Gasteiger partial charge is 0.494 e. The third-order valence-electron chi connectivity index (χ3n) is 3.28. The minimum Gasteiger partial charge on any atom is -0.494 e. The molecule has 0 spiro atoms. The molecule has 0 heterocycles. The maximum Gasteiger partial charge on any atom is 0.169 e. The summed E-state index contributed by atoms with van der Waals surface area (Å²) in [5.74, 6) is 0.0798. The van der Waals surface area contributed by atoms with Gasteiger partial charge in [0.15, 0.2) is 11.6 Å². The fourth-order valence-electron chi connectivity index (χ4n) is 2.19. The molecule has 0 saturated heterocycles. The van der Waals surface area contributed by atoms with Crippen molar-refractivity contribution in [2.45, 2.75) is 45.1 Å². The zero-order valence-corrected chi connectivity index (χ0v) is 11.6. The molecule has 102 valence electrons. The van der Waals surface area contributed by atoms with Gasteiger partial charge in [0.25, 0.3) is 0 Å². The van der Waals surface area contributed by atoms with Crippen molar-refractivity contribution in [2.24, 2.45) is 0 Å². The first-order valence-electron chi connectivity index (χ1n) is 6.74. The van der Waals surface area contributed by atoms with Crippen LogP contribution in [0.4, 0.5) is 4.39 Å². The molecular formula is C15H24FNO. The molecule has 0 amide bonds. The predicted molar refractivity (Wildman–Crippen MR) is 73.5 cm³/mol. The molecule has 1 aromatic rings. The van der Waals surface area contributed by atoms with Gasteiger partial charge in [0, 0.05) is 11.6 Å². The highest BCUT2D eigenvalue weighted by Gasteiger charge is 2.16. The van der Waals surface area contributed by atoms with Crippen LogP contribution in [0.5, 0.6) is 5.75 Å². The lowest BCUT2D eigenvalue weighted by Gasteiger charge is -2.18. The second-order valence-corrected chi connectivity index (χ2v) is 4.55. The van der Waals surface area contributed by atoms with Gasteiger partial charge in [-0.25, -0.2) is 4.39 Å². The number of ether oxygens (including phenoxy) is 1. The first kappa shape index (κ1) is 15.0. The van der Waals surface area contributed by atoms with Gasteiger partial charge in [-0.2, -0.15) is 0 Å². The molecule has 0 radical (unpaired) electrons. The molecular weight excluding hydrogens is 229 g/mol. The fraction of sp³-hybridized carbons (Fsp3) is 0.600. The highest BCUT2D eigenvalue weighted by molar-refractivity contribution is 5.33. The molecule has 0 fully saturated rings. The summed E-state index contributed by atoms with van der Waals surface area (Å²) < 4.78 is 19.1. The molecule has 18 heavy (non-hydrogen) atoms. The van der Waals surface area contributed by atoms with Crippen molar-refractivity contribution in [1.82, 2.24) is 5.32 Å². The highest BCUT2D eigenvalue weighted by atomic mass is 19.1. The summed E-state index contributed by atoms with van der Waals surface area (Å²) in [6, 6.07) is 5.40. The van der Waals surface area contributed by atoms with Crippen molar-refractivity contribution in [2.75, 3.05) is 14.2 Å². The van der Waals surface area contributed by atoms with Crippen molar-refractivity contribution >= 4 is 0 Å². The number of nitrogens with one attached hydrogen (secondary N) is 1. The van der Waals surface area contributed by atoms with Crippen molar-refractivity contribution in [3.05, 3.63) is 29.6 Å². The van der Waals surface area contributed by atoms with Crippen LogP contribution >= 0.6 is 0 Å². The van der Waals surface area contributed by atoms with Crippen molar-refractivity contribution in [3.8, 4) is 5.75 Å². The van der Waals surface area contributed by atoms with E-state index in [9.17, 15) is 4.39 Å².